The predicted octanol–water partition coefficient (Wildman–Crippen LogP) is 3.71. The topological polar surface area (TPSA) is 54.7 Å². The number of anilines is 1. The second-order valence-corrected chi connectivity index (χ2v) is 4.76. The minimum absolute atomic E-state index is 0.313. The lowest BCUT2D eigenvalue weighted by molar-refractivity contribution is 0.621. The largest absolute Gasteiger partial charge is 0.399 e. The molecule has 3 rings (SSSR count). The van der Waals surface area contributed by atoms with Crippen LogP contribution in [0, 0.1) is 5.82 Å². The summed E-state index contributed by atoms with van der Waals surface area (Å²) in [5.41, 5.74) is 8.69. The fraction of sp³-hybridized carbons (Fsp3) is 0. The fourth-order valence-electron chi connectivity index (χ4n) is 1.84. The van der Waals surface area contributed by atoms with Crippen molar-refractivity contribution in [3.63, 3.8) is 0 Å². The second-order valence-electron chi connectivity index (χ2n) is 3.96. The van der Waals surface area contributed by atoms with Crippen molar-refractivity contribution < 1.29 is 4.39 Å². The highest BCUT2D eigenvalue weighted by molar-refractivity contribution is 9.10. The average Bonchev–Trinajstić information content (AvgIpc) is 2.75. The van der Waals surface area contributed by atoms with Gasteiger partial charge in [-0.3, -0.25) is 0 Å². The van der Waals surface area contributed by atoms with E-state index >= 15 is 0 Å². The lowest BCUT2D eigenvalue weighted by Crippen LogP contribution is -1.85. The molecule has 0 radical (unpaired) electrons. The van der Waals surface area contributed by atoms with Crippen molar-refractivity contribution >= 4 is 32.7 Å². The number of benzene rings is 2. The molecule has 0 aliphatic heterocycles. The van der Waals surface area contributed by atoms with Crippen molar-refractivity contribution in [3.05, 3.63) is 46.7 Å². The Morgan fingerprint density at radius 2 is 2.06 bits per heavy atom. The summed E-state index contributed by atoms with van der Waals surface area (Å²) in [5.74, 6) is 0.300. The van der Waals surface area contributed by atoms with Gasteiger partial charge in [0.1, 0.15) is 11.6 Å². The van der Waals surface area contributed by atoms with Gasteiger partial charge in [-0.2, -0.15) is 0 Å². The van der Waals surface area contributed by atoms with Crippen LogP contribution < -0.4 is 5.73 Å². The first-order valence-corrected chi connectivity index (χ1v) is 6.14. The summed E-state index contributed by atoms with van der Waals surface area (Å²) in [6, 6.07) is 10.3. The molecule has 18 heavy (non-hydrogen) atoms. The number of rotatable bonds is 1. The van der Waals surface area contributed by atoms with Gasteiger partial charge in [-0.25, -0.2) is 9.37 Å². The molecular formula is C13H9BrFN3. The van der Waals surface area contributed by atoms with Gasteiger partial charge in [0.25, 0.3) is 0 Å². The number of nitrogens with two attached hydrogens (primary N) is 1. The van der Waals surface area contributed by atoms with Crippen molar-refractivity contribution in [2.45, 2.75) is 0 Å². The van der Waals surface area contributed by atoms with Crippen molar-refractivity contribution in [3.8, 4) is 11.4 Å². The molecule has 0 atom stereocenters. The summed E-state index contributed by atoms with van der Waals surface area (Å²) >= 11 is 3.23. The van der Waals surface area contributed by atoms with Gasteiger partial charge >= 0.3 is 0 Å². The van der Waals surface area contributed by atoms with E-state index in [4.69, 9.17) is 5.73 Å². The molecule has 0 unspecified atom stereocenters. The average molecular weight is 306 g/mol. The highest BCUT2D eigenvalue weighted by Gasteiger charge is 2.11. The van der Waals surface area contributed by atoms with Gasteiger partial charge in [-0.1, -0.05) is 6.07 Å². The number of halogens is 2. The zero-order valence-electron chi connectivity index (χ0n) is 9.24. The van der Waals surface area contributed by atoms with Gasteiger partial charge in [0.2, 0.25) is 0 Å². The summed E-state index contributed by atoms with van der Waals surface area (Å²) in [7, 11) is 0. The Morgan fingerprint density at radius 3 is 2.89 bits per heavy atom. The molecule has 3 aromatic rings. The molecule has 0 spiro atoms. The van der Waals surface area contributed by atoms with E-state index in [1.165, 1.54) is 6.07 Å². The van der Waals surface area contributed by atoms with E-state index in [1.807, 2.05) is 6.07 Å². The third kappa shape index (κ3) is 1.76. The molecule has 0 saturated carbocycles. The Bertz CT molecular complexity index is 736. The van der Waals surface area contributed by atoms with E-state index in [-0.39, 0.29) is 5.82 Å². The monoisotopic (exact) mass is 305 g/mol. The summed E-state index contributed by atoms with van der Waals surface area (Å²) < 4.78 is 13.9. The standard InChI is InChI=1S/C13H9BrFN3/c14-12-8(2-1-3-9(12)15)13-17-10-5-4-7(16)6-11(10)18-13/h1-6H,16H2,(H,17,18). The van der Waals surface area contributed by atoms with Crippen molar-refractivity contribution in [2.75, 3.05) is 5.73 Å². The van der Waals surface area contributed by atoms with Crippen molar-refractivity contribution in [1.82, 2.24) is 9.97 Å². The second kappa shape index (κ2) is 4.10. The number of hydrogen-bond donors (Lipinski definition) is 2. The van der Waals surface area contributed by atoms with Gasteiger partial charge in [0.05, 0.1) is 15.5 Å². The van der Waals surface area contributed by atoms with E-state index in [1.54, 1.807) is 24.3 Å². The van der Waals surface area contributed by atoms with Gasteiger partial charge in [0.15, 0.2) is 0 Å². The molecule has 5 heteroatoms. The van der Waals surface area contributed by atoms with Gasteiger partial charge in [-0.05, 0) is 46.3 Å². The Kier molecular flexibility index (Phi) is 2.56. The van der Waals surface area contributed by atoms with E-state index in [2.05, 4.69) is 25.9 Å². The number of aromatic amines is 1. The molecule has 90 valence electrons. The number of aromatic nitrogens is 2. The van der Waals surface area contributed by atoms with Crippen LogP contribution in [0.5, 0.6) is 0 Å². The molecule has 2 aromatic carbocycles. The first-order chi connectivity index (χ1) is 8.65. The van der Waals surface area contributed by atoms with E-state index in [9.17, 15) is 4.39 Å². The summed E-state index contributed by atoms with van der Waals surface area (Å²) in [5, 5.41) is 0. The summed E-state index contributed by atoms with van der Waals surface area (Å²) in [6.45, 7) is 0. The molecule has 0 amide bonds. The Hall–Kier alpha value is -1.88. The molecule has 0 aliphatic carbocycles. The molecular weight excluding hydrogens is 297 g/mol. The van der Waals surface area contributed by atoms with Crippen LogP contribution in [0.1, 0.15) is 0 Å². The maximum absolute atomic E-state index is 13.5. The van der Waals surface area contributed by atoms with Gasteiger partial charge in [-0.15, -0.1) is 0 Å². The zero-order valence-corrected chi connectivity index (χ0v) is 10.8. The summed E-state index contributed by atoms with van der Waals surface area (Å²) in [4.78, 5) is 7.55. The molecule has 1 aromatic heterocycles. The Balaban J connectivity index is 2.22. The number of hydrogen-bond acceptors (Lipinski definition) is 2. The van der Waals surface area contributed by atoms with Crippen LogP contribution in [0.4, 0.5) is 10.1 Å². The number of nitrogens with one attached hydrogen (secondary N) is 1. The van der Waals surface area contributed by atoms with Gasteiger partial charge in [0, 0.05) is 11.3 Å². The number of fused-ring (bicyclic) bond motifs is 1. The Labute approximate surface area is 111 Å². The molecule has 0 saturated heterocycles. The zero-order chi connectivity index (χ0) is 12.7. The first-order valence-electron chi connectivity index (χ1n) is 5.35. The number of H-pyrrole nitrogens is 1. The normalized spacial score (nSPS) is 11.0. The number of nitrogens with zero attached hydrogens (tertiary/aromatic N) is 1. The van der Waals surface area contributed by atoms with Crippen molar-refractivity contribution in [1.29, 1.82) is 0 Å². The highest BCUT2D eigenvalue weighted by Crippen LogP contribution is 2.30. The van der Waals surface area contributed by atoms with Crippen molar-refractivity contribution in [2.24, 2.45) is 0 Å². The van der Waals surface area contributed by atoms with Crippen LogP contribution in [-0.4, -0.2) is 9.97 Å². The van der Waals surface area contributed by atoms with E-state index < -0.39 is 0 Å². The van der Waals surface area contributed by atoms with Crippen LogP contribution in [0.15, 0.2) is 40.9 Å². The van der Waals surface area contributed by atoms with Crippen LogP contribution >= 0.6 is 15.9 Å². The molecule has 1 heterocycles. The molecule has 3 nitrogen and oxygen atoms in total. The van der Waals surface area contributed by atoms with Gasteiger partial charge < -0.3 is 10.7 Å². The number of nitrogen functional groups attached to an aromatic ring is 1. The predicted molar refractivity (Wildman–Crippen MR) is 73.6 cm³/mol. The van der Waals surface area contributed by atoms with Crippen LogP contribution in [-0.2, 0) is 0 Å². The maximum atomic E-state index is 13.5. The summed E-state index contributed by atoms with van der Waals surface area (Å²) in [6.07, 6.45) is 0. The maximum Gasteiger partial charge on any atom is 0.139 e. The van der Waals surface area contributed by atoms with Crippen LogP contribution in [0.2, 0.25) is 0 Å². The third-order valence-corrected chi connectivity index (χ3v) is 3.52. The SMILES string of the molecule is Nc1ccc2nc(-c3cccc(F)c3Br)[nH]c2c1. The minimum Gasteiger partial charge on any atom is -0.399 e. The smallest absolute Gasteiger partial charge is 0.139 e. The van der Waals surface area contributed by atoms with Crippen LogP contribution in [0.3, 0.4) is 0 Å². The Morgan fingerprint density at radius 1 is 1.22 bits per heavy atom. The molecule has 0 aliphatic rings. The molecule has 3 N–H and O–H groups in total. The van der Waals surface area contributed by atoms with E-state index in [0.29, 0.717) is 21.5 Å². The van der Waals surface area contributed by atoms with Crippen LogP contribution in [0.25, 0.3) is 22.4 Å². The first kappa shape index (κ1) is 11.2. The quantitative estimate of drug-likeness (QED) is 0.673. The molecule has 0 bridgehead atoms. The fourth-order valence-corrected chi connectivity index (χ4v) is 2.29. The third-order valence-electron chi connectivity index (χ3n) is 2.71. The lowest BCUT2D eigenvalue weighted by atomic mass is 10.2. The lowest BCUT2D eigenvalue weighted by Gasteiger charge is -2.00. The minimum atomic E-state index is -0.313. The van der Waals surface area contributed by atoms with E-state index in [0.717, 1.165) is 11.0 Å². The number of imidazole rings is 1. The highest BCUT2D eigenvalue weighted by atomic mass is 79.9. The molecule has 0 fully saturated rings.